The van der Waals surface area contributed by atoms with Crippen LogP contribution in [0.2, 0.25) is 0 Å². The Balaban J connectivity index is 2.09. The Morgan fingerprint density at radius 2 is 2.21 bits per heavy atom. The van der Waals surface area contributed by atoms with E-state index in [1.807, 2.05) is 25.1 Å². The summed E-state index contributed by atoms with van der Waals surface area (Å²) < 4.78 is 5.21. The number of amides is 1. The van der Waals surface area contributed by atoms with E-state index in [1.54, 1.807) is 7.11 Å². The average Bonchev–Trinajstić information content (AvgIpc) is 2.34. The molecule has 1 aliphatic rings. The minimum atomic E-state index is -0.368. The van der Waals surface area contributed by atoms with Crippen molar-refractivity contribution >= 4 is 11.6 Å². The quantitative estimate of drug-likeness (QED) is 0.875. The van der Waals surface area contributed by atoms with E-state index >= 15 is 0 Å². The van der Waals surface area contributed by atoms with Gasteiger partial charge in [0.15, 0.2) is 0 Å². The Bertz CT molecular complexity index is 479. The molecule has 1 aromatic rings. The van der Waals surface area contributed by atoms with Crippen molar-refractivity contribution in [3.05, 3.63) is 23.8 Å². The van der Waals surface area contributed by atoms with Gasteiger partial charge in [-0.2, -0.15) is 0 Å². The molecule has 0 aromatic heterocycles. The SMILES string of the molecule is COc1ccc(NC(=O)C2(CN)CC(C)C2)cc1C. The molecule has 0 aliphatic heterocycles. The summed E-state index contributed by atoms with van der Waals surface area (Å²) in [4.78, 5) is 12.3. The molecule has 0 radical (unpaired) electrons. The molecule has 1 amide bonds. The molecule has 0 heterocycles. The Labute approximate surface area is 114 Å². The molecule has 2 rings (SSSR count). The van der Waals surface area contributed by atoms with Gasteiger partial charge in [-0.05, 0) is 49.4 Å². The minimum Gasteiger partial charge on any atom is -0.496 e. The van der Waals surface area contributed by atoms with Gasteiger partial charge < -0.3 is 15.8 Å². The lowest BCUT2D eigenvalue weighted by Gasteiger charge is -2.44. The van der Waals surface area contributed by atoms with Crippen LogP contribution in [0, 0.1) is 18.3 Å². The normalized spacial score (nSPS) is 25.6. The lowest BCUT2D eigenvalue weighted by atomic mass is 9.62. The van der Waals surface area contributed by atoms with Crippen LogP contribution in [0.5, 0.6) is 5.75 Å². The second kappa shape index (κ2) is 5.21. The predicted octanol–water partition coefficient (Wildman–Crippen LogP) is 2.32. The highest BCUT2D eigenvalue weighted by Gasteiger charge is 2.47. The van der Waals surface area contributed by atoms with Crippen molar-refractivity contribution in [1.82, 2.24) is 0 Å². The smallest absolute Gasteiger partial charge is 0.231 e. The van der Waals surface area contributed by atoms with E-state index in [2.05, 4.69) is 12.2 Å². The third-order valence-electron chi connectivity index (χ3n) is 4.00. The summed E-state index contributed by atoms with van der Waals surface area (Å²) in [5, 5.41) is 2.97. The molecule has 0 saturated heterocycles. The van der Waals surface area contributed by atoms with Crippen molar-refractivity contribution in [2.24, 2.45) is 17.1 Å². The minimum absolute atomic E-state index is 0.0395. The number of carbonyl (C=O) groups is 1. The van der Waals surface area contributed by atoms with Gasteiger partial charge in [0.1, 0.15) is 5.75 Å². The van der Waals surface area contributed by atoms with Gasteiger partial charge in [0.2, 0.25) is 5.91 Å². The lowest BCUT2D eigenvalue weighted by Crippen LogP contribution is -2.51. The molecular weight excluding hydrogens is 240 g/mol. The maximum Gasteiger partial charge on any atom is 0.231 e. The first-order valence-electron chi connectivity index (χ1n) is 6.67. The molecule has 3 N–H and O–H groups in total. The van der Waals surface area contributed by atoms with Crippen LogP contribution in [0.4, 0.5) is 5.69 Å². The molecule has 1 aliphatic carbocycles. The molecule has 19 heavy (non-hydrogen) atoms. The van der Waals surface area contributed by atoms with Gasteiger partial charge in [-0.1, -0.05) is 6.92 Å². The van der Waals surface area contributed by atoms with Crippen LogP contribution in [0.3, 0.4) is 0 Å². The molecule has 104 valence electrons. The van der Waals surface area contributed by atoms with Crippen molar-refractivity contribution in [3.8, 4) is 5.75 Å². The predicted molar refractivity (Wildman–Crippen MR) is 76.2 cm³/mol. The first kappa shape index (κ1) is 13.9. The van der Waals surface area contributed by atoms with Crippen molar-refractivity contribution < 1.29 is 9.53 Å². The second-order valence-corrected chi connectivity index (χ2v) is 5.64. The van der Waals surface area contributed by atoms with Crippen LogP contribution in [-0.2, 0) is 4.79 Å². The topological polar surface area (TPSA) is 64.3 Å². The Hall–Kier alpha value is -1.55. The van der Waals surface area contributed by atoms with Gasteiger partial charge in [-0.3, -0.25) is 4.79 Å². The van der Waals surface area contributed by atoms with Gasteiger partial charge in [0.25, 0.3) is 0 Å². The fourth-order valence-electron chi connectivity index (χ4n) is 2.94. The summed E-state index contributed by atoms with van der Waals surface area (Å²) in [6.07, 6.45) is 1.76. The first-order chi connectivity index (χ1) is 9.00. The number of rotatable bonds is 4. The zero-order valence-corrected chi connectivity index (χ0v) is 11.8. The number of anilines is 1. The number of carbonyl (C=O) groups excluding carboxylic acids is 1. The summed E-state index contributed by atoms with van der Waals surface area (Å²) in [5.41, 5.74) is 7.22. The largest absolute Gasteiger partial charge is 0.496 e. The van der Waals surface area contributed by atoms with E-state index in [0.717, 1.165) is 29.8 Å². The number of hydrogen-bond acceptors (Lipinski definition) is 3. The van der Waals surface area contributed by atoms with Crippen LogP contribution in [0.15, 0.2) is 18.2 Å². The highest BCUT2D eigenvalue weighted by molar-refractivity contribution is 5.96. The third-order valence-corrected chi connectivity index (χ3v) is 4.00. The maximum atomic E-state index is 12.3. The maximum absolute atomic E-state index is 12.3. The summed E-state index contributed by atoms with van der Waals surface area (Å²) in [5.74, 6) is 1.45. The Morgan fingerprint density at radius 1 is 1.53 bits per heavy atom. The van der Waals surface area contributed by atoms with Crippen LogP contribution in [0.1, 0.15) is 25.3 Å². The molecule has 0 unspecified atom stereocenters. The summed E-state index contributed by atoms with van der Waals surface area (Å²) in [6.45, 7) is 4.52. The summed E-state index contributed by atoms with van der Waals surface area (Å²) in [7, 11) is 1.64. The van der Waals surface area contributed by atoms with E-state index in [1.165, 1.54) is 0 Å². The van der Waals surface area contributed by atoms with Gasteiger partial charge in [0, 0.05) is 12.2 Å². The van der Waals surface area contributed by atoms with Gasteiger partial charge in [-0.25, -0.2) is 0 Å². The van der Waals surface area contributed by atoms with Crippen LogP contribution < -0.4 is 15.8 Å². The van der Waals surface area contributed by atoms with E-state index in [0.29, 0.717) is 12.5 Å². The van der Waals surface area contributed by atoms with Crippen molar-refractivity contribution in [1.29, 1.82) is 0 Å². The van der Waals surface area contributed by atoms with Crippen LogP contribution in [0.25, 0.3) is 0 Å². The standard InChI is InChI=1S/C15H22N2O2/c1-10-7-15(8-10,9-16)14(18)17-12-4-5-13(19-3)11(2)6-12/h4-6,10H,7-9,16H2,1-3H3,(H,17,18). The first-order valence-corrected chi connectivity index (χ1v) is 6.67. The third kappa shape index (κ3) is 2.59. The second-order valence-electron chi connectivity index (χ2n) is 5.64. The highest BCUT2D eigenvalue weighted by Crippen LogP contribution is 2.45. The lowest BCUT2D eigenvalue weighted by molar-refractivity contribution is -0.132. The highest BCUT2D eigenvalue weighted by atomic mass is 16.5. The summed E-state index contributed by atoms with van der Waals surface area (Å²) >= 11 is 0. The molecule has 0 atom stereocenters. The number of nitrogens with one attached hydrogen (secondary N) is 1. The molecule has 0 bridgehead atoms. The van der Waals surface area contributed by atoms with Gasteiger partial charge in [-0.15, -0.1) is 0 Å². The van der Waals surface area contributed by atoms with E-state index in [9.17, 15) is 4.79 Å². The molecule has 1 aromatic carbocycles. The molecule has 1 saturated carbocycles. The van der Waals surface area contributed by atoms with Crippen molar-refractivity contribution in [3.63, 3.8) is 0 Å². The number of aryl methyl sites for hydroxylation is 1. The zero-order chi connectivity index (χ0) is 14.0. The van der Waals surface area contributed by atoms with Crippen molar-refractivity contribution in [2.75, 3.05) is 19.0 Å². The van der Waals surface area contributed by atoms with E-state index in [4.69, 9.17) is 10.5 Å². The molecule has 4 nitrogen and oxygen atoms in total. The fraction of sp³-hybridized carbons (Fsp3) is 0.533. The van der Waals surface area contributed by atoms with Gasteiger partial charge >= 0.3 is 0 Å². The Morgan fingerprint density at radius 3 is 2.68 bits per heavy atom. The number of ether oxygens (including phenoxy) is 1. The number of nitrogens with two attached hydrogens (primary N) is 1. The zero-order valence-electron chi connectivity index (χ0n) is 11.8. The number of methoxy groups -OCH3 is 1. The fourth-order valence-corrected chi connectivity index (χ4v) is 2.94. The monoisotopic (exact) mass is 262 g/mol. The van der Waals surface area contributed by atoms with Gasteiger partial charge in [0.05, 0.1) is 12.5 Å². The van der Waals surface area contributed by atoms with Crippen LogP contribution in [-0.4, -0.2) is 19.6 Å². The van der Waals surface area contributed by atoms with E-state index < -0.39 is 0 Å². The van der Waals surface area contributed by atoms with Crippen molar-refractivity contribution in [2.45, 2.75) is 26.7 Å². The van der Waals surface area contributed by atoms with Crippen LogP contribution >= 0.6 is 0 Å². The average molecular weight is 262 g/mol. The number of benzene rings is 1. The molecule has 1 fully saturated rings. The Kier molecular flexibility index (Phi) is 3.80. The molecule has 0 spiro atoms. The number of hydrogen-bond donors (Lipinski definition) is 2. The summed E-state index contributed by atoms with van der Waals surface area (Å²) in [6, 6.07) is 5.64. The molecule has 4 heteroatoms. The molecular formula is C15H22N2O2. The van der Waals surface area contributed by atoms with E-state index in [-0.39, 0.29) is 11.3 Å².